The lowest BCUT2D eigenvalue weighted by Gasteiger charge is -2.08. The highest BCUT2D eigenvalue weighted by molar-refractivity contribution is 5.25. The maximum Gasteiger partial charge on any atom is 0.202 e. The highest BCUT2D eigenvalue weighted by atomic mass is 15.3. The third-order valence-electron chi connectivity index (χ3n) is 2.38. The normalized spacial score (nSPS) is 10.6. The van der Waals surface area contributed by atoms with Crippen LogP contribution in [0.2, 0.25) is 0 Å². The molecule has 2 aromatic rings. The lowest BCUT2D eigenvalue weighted by molar-refractivity contribution is 0.536. The summed E-state index contributed by atoms with van der Waals surface area (Å²) in [5.41, 5.74) is 0. The molecule has 5 nitrogen and oxygen atoms in total. The summed E-state index contributed by atoms with van der Waals surface area (Å²) in [6, 6.07) is 1.93. The van der Waals surface area contributed by atoms with Gasteiger partial charge in [0.05, 0.1) is 6.54 Å². The molecule has 0 bridgehead atoms. The molecular formula is C11H17N5. The second kappa shape index (κ2) is 5.34. The smallest absolute Gasteiger partial charge is 0.202 e. The zero-order valence-electron chi connectivity index (χ0n) is 9.50. The first-order valence-corrected chi connectivity index (χ1v) is 5.62. The molecule has 2 aromatic heterocycles. The Labute approximate surface area is 95.1 Å². The number of imidazole rings is 1. The van der Waals surface area contributed by atoms with Crippen molar-refractivity contribution in [3.05, 3.63) is 30.9 Å². The molecule has 0 spiro atoms. The predicted octanol–water partition coefficient (Wildman–Crippen LogP) is 1.60. The van der Waals surface area contributed by atoms with Crippen LogP contribution < -0.4 is 5.32 Å². The highest BCUT2D eigenvalue weighted by Crippen LogP contribution is 2.04. The maximum absolute atomic E-state index is 4.28. The Hall–Kier alpha value is -1.78. The lowest BCUT2D eigenvalue weighted by atomic mass is 10.5. The Morgan fingerprint density at radius 2 is 2.19 bits per heavy atom. The predicted molar refractivity (Wildman–Crippen MR) is 63.2 cm³/mol. The van der Waals surface area contributed by atoms with Crippen LogP contribution in [0.4, 0.5) is 5.95 Å². The third kappa shape index (κ3) is 2.62. The molecule has 0 aliphatic carbocycles. The Morgan fingerprint density at radius 1 is 1.25 bits per heavy atom. The molecule has 86 valence electrons. The highest BCUT2D eigenvalue weighted by Gasteiger charge is 2.01. The van der Waals surface area contributed by atoms with Crippen molar-refractivity contribution in [3.63, 3.8) is 0 Å². The third-order valence-corrected chi connectivity index (χ3v) is 2.38. The number of aryl methyl sites for hydroxylation is 2. The standard InChI is InChI=1S/C11H17N5/c1-2-4-12-11-13-6-8-15(11)9-10-16-7-3-5-14-16/h3,5-8H,2,4,9-10H2,1H3,(H,12,13). The Kier molecular flexibility index (Phi) is 3.58. The van der Waals surface area contributed by atoms with E-state index in [0.29, 0.717) is 0 Å². The zero-order valence-corrected chi connectivity index (χ0v) is 9.50. The molecule has 2 rings (SSSR count). The van der Waals surface area contributed by atoms with E-state index in [1.807, 2.05) is 29.3 Å². The van der Waals surface area contributed by atoms with Gasteiger partial charge in [-0.05, 0) is 12.5 Å². The van der Waals surface area contributed by atoms with E-state index < -0.39 is 0 Å². The number of aromatic nitrogens is 4. The molecule has 0 amide bonds. The molecule has 16 heavy (non-hydrogen) atoms. The summed E-state index contributed by atoms with van der Waals surface area (Å²) in [6.45, 7) is 4.85. The Bertz CT molecular complexity index is 404. The fourth-order valence-corrected chi connectivity index (χ4v) is 1.54. The fraction of sp³-hybridized carbons (Fsp3) is 0.455. The summed E-state index contributed by atoms with van der Waals surface area (Å²) in [7, 11) is 0. The minimum Gasteiger partial charge on any atom is -0.356 e. The van der Waals surface area contributed by atoms with Crippen molar-refractivity contribution in [2.24, 2.45) is 0 Å². The van der Waals surface area contributed by atoms with Gasteiger partial charge in [0.15, 0.2) is 0 Å². The molecule has 0 radical (unpaired) electrons. The van der Waals surface area contributed by atoms with Crippen LogP contribution in [0.5, 0.6) is 0 Å². The van der Waals surface area contributed by atoms with E-state index in [1.165, 1.54) is 0 Å². The zero-order chi connectivity index (χ0) is 11.2. The molecule has 1 N–H and O–H groups in total. The van der Waals surface area contributed by atoms with Crippen molar-refractivity contribution in [2.45, 2.75) is 26.4 Å². The minimum atomic E-state index is 0.865. The summed E-state index contributed by atoms with van der Waals surface area (Å²) in [5, 5.41) is 7.47. The molecule has 0 atom stereocenters. The molecular weight excluding hydrogens is 202 g/mol. The minimum absolute atomic E-state index is 0.865. The van der Waals surface area contributed by atoms with Crippen molar-refractivity contribution in [3.8, 4) is 0 Å². The maximum atomic E-state index is 4.28. The molecule has 0 unspecified atom stereocenters. The molecule has 0 aliphatic rings. The van der Waals surface area contributed by atoms with Gasteiger partial charge in [0.2, 0.25) is 5.95 Å². The average molecular weight is 219 g/mol. The van der Waals surface area contributed by atoms with Gasteiger partial charge in [-0.25, -0.2) is 4.98 Å². The van der Waals surface area contributed by atoms with Gasteiger partial charge in [-0.1, -0.05) is 6.92 Å². The number of rotatable bonds is 6. The van der Waals surface area contributed by atoms with Crippen LogP contribution in [-0.2, 0) is 13.1 Å². The number of nitrogens with one attached hydrogen (secondary N) is 1. The Morgan fingerprint density at radius 3 is 2.94 bits per heavy atom. The number of hydrogen-bond acceptors (Lipinski definition) is 3. The SMILES string of the molecule is CCCNc1nccn1CCn1cccn1. The summed E-state index contributed by atoms with van der Waals surface area (Å²) in [4.78, 5) is 4.28. The number of nitrogens with zero attached hydrogens (tertiary/aromatic N) is 4. The van der Waals surface area contributed by atoms with Crippen molar-refractivity contribution in [1.29, 1.82) is 0 Å². The van der Waals surface area contributed by atoms with Crippen LogP contribution in [0.3, 0.4) is 0 Å². The van der Waals surface area contributed by atoms with E-state index in [9.17, 15) is 0 Å². The van der Waals surface area contributed by atoms with E-state index in [1.54, 1.807) is 6.20 Å². The van der Waals surface area contributed by atoms with Crippen molar-refractivity contribution in [2.75, 3.05) is 11.9 Å². The average Bonchev–Trinajstić information content (AvgIpc) is 2.94. The van der Waals surface area contributed by atoms with Gasteiger partial charge < -0.3 is 9.88 Å². The van der Waals surface area contributed by atoms with E-state index >= 15 is 0 Å². The molecule has 5 heteroatoms. The van der Waals surface area contributed by atoms with Gasteiger partial charge in [0.1, 0.15) is 0 Å². The van der Waals surface area contributed by atoms with E-state index in [0.717, 1.165) is 32.0 Å². The van der Waals surface area contributed by atoms with E-state index in [-0.39, 0.29) is 0 Å². The van der Waals surface area contributed by atoms with Gasteiger partial charge in [0.25, 0.3) is 0 Å². The molecule has 0 aromatic carbocycles. The summed E-state index contributed by atoms with van der Waals surface area (Å²) in [5.74, 6) is 0.939. The first-order chi connectivity index (χ1) is 7.90. The topological polar surface area (TPSA) is 47.7 Å². The molecule has 0 fully saturated rings. The van der Waals surface area contributed by atoms with Crippen LogP contribution in [-0.4, -0.2) is 25.9 Å². The van der Waals surface area contributed by atoms with Crippen molar-refractivity contribution < 1.29 is 0 Å². The van der Waals surface area contributed by atoms with Crippen LogP contribution in [0.1, 0.15) is 13.3 Å². The van der Waals surface area contributed by atoms with Crippen molar-refractivity contribution in [1.82, 2.24) is 19.3 Å². The van der Waals surface area contributed by atoms with E-state index in [4.69, 9.17) is 0 Å². The van der Waals surface area contributed by atoms with Crippen LogP contribution in [0, 0.1) is 0 Å². The van der Waals surface area contributed by atoms with Crippen LogP contribution in [0.15, 0.2) is 30.9 Å². The van der Waals surface area contributed by atoms with Crippen LogP contribution in [0.25, 0.3) is 0 Å². The first kappa shape index (κ1) is 10.7. The molecule has 2 heterocycles. The number of anilines is 1. The largest absolute Gasteiger partial charge is 0.356 e. The molecule has 0 saturated heterocycles. The quantitative estimate of drug-likeness (QED) is 0.802. The second-order valence-corrected chi connectivity index (χ2v) is 3.64. The summed E-state index contributed by atoms with van der Waals surface area (Å²) in [6.07, 6.45) is 8.68. The van der Waals surface area contributed by atoms with Gasteiger partial charge in [0, 0.05) is 37.9 Å². The molecule has 0 saturated carbocycles. The monoisotopic (exact) mass is 219 g/mol. The fourth-order valence-electron chi connectivity index (χ4n) is 1.54. The van der Waals surface area contributed by atoms with Gasteiger partial charge in [-0.2, -0.15) is 5.10 Å². The summed E-state index contributed by atoms with van der Waals surface area (Å²) < 4.78 is 4.03. The molecule has 0 aliphatic heterocycles. The van der Waals surface area contributed by atoms with Gasteiger partial charge in [-0.15, -0.1) is 0 Å². The van der Waals surface area contributed by atoms with E-state index in [2.05, 4.69) is 26.9 Å². The van der Waals surface area contributed by atoms with Crippen LogP contribution >= 0.6 is 0 Å². The Balaban J connectivity index is 1.91. The van der Waals surface area contributed by atoms with Gasteiger partial charge in [-0.3, -0.25) is 4.68 Å². The first-order valence-electron chi connectivity index (χ1n) is 5.62. The van der Waals surface area contributed by atoms with Gasteiger partial charge >= 0.3 is 0 Å². The number of hydrogen-bond donors (Lipinski definition) is 1. The van der Waals surface area contributed by atoms with Crippen molar-refractivity contribution >= 4 is 5.95 Å². The second-order valence-electron chi connectivity index (χ2n) is 3.64. The summed E-state index contributed by atoms with van der Waals surface area (Å²) >= 11 is 0. The lowest BCUT2D eigenvalue weighted by Crippen LogP contribution is -2.11.